The molecule has 200 valence electrons. The van der Waals surface area contributed by atoms with Crippen molar-refractivity contribution in [2.45, 2.75) is 25.6 Å². The summed E-state index contributed by atoms with van der Waals surface area (Å²) in [4.78, 5) is 42.5. The highest BCUT2D eigenvalue weighted by Crippen LogP contribution is 2.30. The predicted molar refractivity (Wildman–Crippen MR) is 124 cm³/mol. The zero-order valence-electron chi connectivity index (χ0n) is 19.1. The zero-order valence-corrected chi connectivity index (χ0v) is 20.7. The first-order chi connectivity index (χ1) is 17.5. The molecule has 3 atom stereocenters. The van der Waals surface area contributed by atoms with Gasteiger partial charge in [0.15, 0.2) is 6.23 Å². The Kier molecular flexibility index (Phi) is 9.74. The number of esters is 2. The number of carbonyl (C=O) groups is 3. The Labute approximate surface area is 219 Å². The largest absolute Gasteiger partial charge is 0.466 e. The van der Waals surface area contributed by atoms with Crippen LogP contribution in [-0.2, 0) is 30.0 Å². The van der Waals surface area contributed by atoms with E-state index in [4.69, 9.17) is 42.3 Å². The number of nitrogens with one attached hydrogen (secondary N) is 2. The molecule has 2 aromatic carbocycles. The van der Waals surface area contributed by atoms with Crippen LogP contribution in [0.25, 0.3) is 0 Å². The maximum Gasteiger partial charge on any atom is 0.416 e. The molecule has 0 spiro atoms. The lowest BCUT2D eigenvalue weighted by atomic mass is 10.1. The Balaban J connectivity index is 1.60. The fraction of sp³-hybridized carbons (Fsp3) is 0.348. The van der Waals surface area contributed by atoms with Crippen molar-refractivity contribution in [1.29, 1.82) is 0 Å². The third-order valence-corrected chi connectivity index (χ3v) is 5.56. The molecule has 1 saturated heterocycles. The average Bonchev–Trinajstić information content (AvgIpc) is 3.23. The van der Waals surface area contributed by atoms with Crippen LogP contribution in [0.1, 0.15) is 33.2 Å². The lowest BCUT2D eigenvalue weighted by Crippen LogP contribution is -2.45. The van der Waals surface area contributed by atoms with Crippen molar-refractivity contribution in [2.24, 2.45) is 5.92 Å². The summed E-state index contributed by atoms with van der Waals surface area (Å²) in [7, 11) is 0. The van der Waals surface area contributed by atoms with Gasteiger partial charge in [0.2, 0.25) is 0 Å². The minimum Gasteiger partial charge on any atom is -0.466 e. The first-order valence-corrected chi connectivity index (χ1v) is 11.6. The van der Waals surface area contributed by atoms with Crippen LogP contribution in [0.15, 0.2) is 42.5 Å². The first kappa shape index (κ1) is 28.7. The number of carbonyl (C=O) groups excluding carboxylic acids is 3. The maximum absolute atomic E-state index is 13.0. The fourth-order valence-electron chi connectivity index (χ4n) is 3.28. The van der Waals surface area contributed by atoms with Gasteiger partial charge in [0.05, 0.1) is 29.4 Å². The summed E-state index contributed by atoms with van der Waals surface area (Å²) in [6.45, 7) is 1.15. The highest BCUT2D eigenvalue weighted by molar-refractivity contribution is 6.36. The van der Waals surface area contributed by atoms with E-state index in [0.717, 1.165) is 12.1 Å². The molecule has 1 aliphatic rings. The Bertz CT molecular complexity index is 1150. The van der Waals surface area contributed by atoms with Crippen LogP contribution in [-0.4, -0.2) is 50.1 Å². The summed E-state index contributed by atoms with van der Waals surface area (Å²) >= 11 is 11.8. The monoisotopic (exact) mass is 564 g/mol. The van der Waals surface area contributed by atoms with Crippen molar-refractivity contribution in [3.63, 3.8) is 0 Å². The van der Waals surface area contributed by atoms with Crippen molar-refractivity contribution in [3.8, 4) is 0 Å². The number of hydrogen-bond donors (Lipinski definition) is 2. The molecule has 3 rings (SSSR count). The second kappa shape index (κ2) is 12.6. The third kappa shape index (κ3) is 7.55. The van der Waals surface area contributed by atoms with Gasteiger partial charge in [0.25, 0.3) is 5.91 Å². The van der Waals surface area contributed by atoms with Crippen LogP contribution >= 0.6 is 23.2 Å². The number of amides is 1. The van der Waals surface area contributed by atoms with E-state index in [1.54, 1.807) is 6.92 Å². The number of hydrogen-bond acceptors (Lipinski definition) is 8. The highest BCUT2D eigenvalue weighted by Gasteiger charge is 2.45. The summed E-state index contributed by atoms with van der Waals surface area (Å²) in [6.07, 6.45) is -7.11. The van der Waals surface area contributed by atoms with Gasteiger partial charge in [-0.05, 0) is 43.3 Å². The van der Waals surface area contributed by atoms with Crippen molar-refractivity contribution >= 4 is 41.0 Å². The van der Waals surface area contributed by atoms with Crippen LogP contribution < -0.4 is 10.8 Å². The van der Waals surface area contributed by atoms with Crippen LogP contribution in [0.3, 0.4) is 0 Å². The minimum absolute atomic E-state index is 0.00973. The molecule has 9 nitrogen and oxygen atoms in total. The van der Waals surface area contributed by atoms with Crippen molar-refractivity contribution < 1.29 is 46.6 Å². The van der Waals surface area contributed by atoms with E-state index in [2.05, 4.69) is 10.8 Å². The smallest absolute Gasteiger partial charge is 0.416 e. The lowest BCUT2D eigenvalue weighted by Gasteiger charge is -2.21. The van der Waals surface area contributed by atoms with Crippen molar-refractivity contribution in [3.05, 3.63) is 69.2 Å². The van der Waals surface area contributed by atoms with Gasteiger partial charge in [-0.15, -0.1) is 0 Å². The quantitative estimate of drug-likeness (QED) is 0.347. The maximum atomic E-state index is 13.0. The van der Waals surface area contributed by atoms with Gasteiger partial charge in [-0.2, -0.15) is 18.7 Å². The molecule has 37 heavy (non-hydrogen) atoms. The van der Waals surface area contributed by atoms with Gasteiger partial charge in [-0.25, -0.2) is 4.79 Å². The van der Waals surface area contributed by atoms with Crippen molar-refractivity contribution in [2.75, 3.05) is 19.8 Å². The van der Waals surface area contributed by atoms with E-state index in [0.29, 0.717) is 11.1 Å². The number of halogens is 5. The topological polar surface area (TPSA) is 112 Å². The fourth-order valence-corrected chi connectivity index (χ4v) is 3.77. The summed E-state index contributed by atoms with van der Waals surface area (Å²) < 4.78 is 54.6. The Morgan fingerprint density at radius 3 is 2.51 bits per heavy atom. The Morgan fingerprint density at radius 1 is 1.08 bits per heavy atom. The Hall–Kier alpha value is -2.90. The van der Waals surface area contributed by atoms with Gasteiger partial charge in [0.1, 0.15) is 18.8 Å². The molecule has 0 aromatic heterocycles. The van der Waals surface area contributed by atoms with Gasteiger partial charge >= 0.3 is 18.1 Å². The number of alkyl halides is 3. The molecule has 14 heteroatoms. The molecule has 3 unspecified atom stereocenters. The molecular formula is C23H21Cl2F3N2O7. The molecule has 0 saturated carbocycles. The summed E-state index contributed by atoms with van der Waals surface area (Å²) in [6, 6.07) is 8.01. The number of rotatable bonds is 9. The lowest BCUT2D eigenvalue weighted by molar-refractivity contribution is -0.154. The van der Waals surface area contributed by atoms with Gasteiger partial charge in [-0.3, -0.25) is 14.4 Å². The summed E-state index contributed by atoms with van der Waals surface area (Å²) in [5.74, 6) is -3.66. The van der Waals surface area contributed by atoms with Crippen molar-refractivity contribution in [1.82, 2.24) is 10.8 Å². The summed E-state index contributed by atoms with van der Waals surface area (Å²) in [5.41, 5.74) is 1.22. The van der Waals surface area contributed by atoms with E-state index >= 15 is 0 Å². The van der Waals surface area contributed by atoms with E-state index in [-0.39, 0.29) is 36.0 Å². The SMILES string of the molecule is CCOC(=O)C1C(OCCOC(=O)c2ccc(Cl)cc2Cl)NOC1NC(=O)c1cccc(C(F)(F)F)c1. The third-order valence-electron chi connectivity index (χ3n) is 5.01. The molecule has 0 radical (unpaired) electrons. The number of ether oxygens (including phenoxy) is 3. The van der Waals surface area contributed by atoms with Crippen LogP contribution in [0, 0.1) is 5.92 Å². The normalized spacial score (nSPS) is 19.4. The molecule has 0 bridgehead atoms. The molecule has 2 N–H and O–H groups in total. The van der Waals surface area contributed by atoms with E-state index in [1.807, 2.05) is 0 Å². The van der Waals surface area contributed by atoms with Crippen LogP contribution in [0.5, 0.6) is 0 Å². The van der Waals surface area contributed by atoms with E-state index in [9.17, 15) is 27.6 Å². The first-order valence-electron chi connectivity index (χ1n) is 10.8. The van der Waals surface area contributed by atoms with Gasteiger partial charge in [0, 0.05) is 10.6 Å². The van der Waals surface area contributed by atoms with E-state index in [1.165, 1.54) is 24.3 Å². The molecule has 1 amide bonds. The van der Waals surface area contributed by atoms with Crippen LogP contribution in [0.2, 0.25) is 10.0 Å². The molecule has 1 fully saturated rings. The van der Waals surface area contributed by atoms with Crippen LogP contribution in [0.4, 0.5) is 13.2 Å². The molecule has 1 heterocycles. The predicted octanol–water partition coefficient (Wildman–Crippen LogP) is 3.98. The summed E-state index contributed by atoms with van der Waals surface area (Å²) in [5, 5.41) is 2.80. The average molecular weight is 565 g/mol. The number of hydroxylamine groups is 1. The highest BCUT2D eigenvalue weighted by atomic mass is 35.5. The molecule has 1 aliphatic heterocycles. The van der Waals surface area contributed by atoms with Gasteiger partial charge < -0.3 is 19.5 Å². The zero-order chi connectivity index (χ0) is 27.2. The second-order valence-electron chi connectivity index (χ2n) is 7.54. The molecular weight excluding hydrogens is 544 g/mol. The molecule has 2 aromatic rings. The Morgan fingerprint density at radius 2 is 1.84 bits per heavy atom. The van der Waals surface area contributed by atoms with E-state index < -0.39 is 48.0 Å². The standard InChI is InChI=1S/C23H21Cl2F3N2O7/c1-2-34-22(33)17-19(29-18(31)12-4-3-5-13(10-12)23(26,27)28)37-30-20(17)35-8-9-36-21(32)15-7-6-14(24)11-16(15)25/h3-7,10-11,17,19-20,30H,2,8-9H2,1H3,(H,29,31). The number of benzene rings is 2. The van der Waals surface area contributed by atoms with Gasteiger partial charge in [-0.1, -0.05) is 29.3 Å². The minimum atomic E-state index is -4.64. The molecule has 0 aliphatic carbocycles. The second-order valence-corrected chi connectivity index (χ2v) is 8.38.